The number of carbonyl (C=O) groups excluding carboxylic acids is 2. The van der Waals surface area contributed by atoms with Crippen molar-refractivity contribution in [1.82, 2.24) is 10.5 Å². The van der Waals surface area contributed by atoms with E-state index >= 15 is 0 Å². The van der Waals surface area contributed by atoms with Gasteiger partial charge in [0.2, 0.25) is 11.8 Å². The number of carbonyl (C=O) groups is 2. The predicted molar refractivity (Wildman–Crippen MR) is 57.8 cm³/mol. The first kappa shape index (κ1) is 12.2. The van der Waals surface area contributed by atoms with Gasteiger partial charge in [-0.25, -0.2) is 0 Å². The fraction of sp³-hybridized carbons (Fsp3) is 0.500. The fourth-order valence-electron chi connectivity index (χ4n) is 1.09. The van der Waals surface area contributed by atoms with E-state index in [-0.39, 0.29) is 12.3 Å². The van der Waals surface area contributed by atoms with Crippen LogP contribution in [0.25, 0.3) is 0 Å². The van der Waals surface area contributed by atoms with Crippen LogP contribution in [0.2, 0.25) is 0 Å². The predicted octanol–water partition coefficient (Wildman–Crippen LogP) is 0.838. The zero-order valence-electron chi connectivity index (χ0n) is 9.37. The lowest BCUT2D eigenvalue weighted by atomic mass is 10.3. The number of anilines is 1. The third kappa shape index (κ3) is 4.12. The zero-order valence-corrected chi connectivity index (χ0v) is 9.37. The summed E-state index contributed by atoms with van der Waals surface area (Å²) in [7, 11) is 0. The van der Waals surface area contributed by atoms with Gasteiger partial charge in [-0.1, -0.05) is 12.1 Å². The summed E-state index contributed by atoms with van der Waals surface area (Å²) in [5.74, 6) is 0.234. The Morgan fingerprint density at radius 3 is 2.75 bits per heavy atom. The number of amides is 2. The van der Waals surface area contributed by atoms with E-state index < -0.39 is 5.91 Å². The maximum Gasteiger partial charge on any atom is 0.235 e. The smallest absolute Gasteiger partial charge is 0.235 e. The molecule has 1 aromatic rings. The molecule has 0 radical (unpaired) electrons. The molecule has 0 fully saturated rings. The number of hydrogen-bond donors (Lipinski definition) is 2. The molecular formula is C10H15N3O3. The molecule has 1 rings (SSSR count). The highest BCUT2D eigenvalue weighted by molar-refractivity contribution is 6.03. The molecule has 2 amide bonds. The van der Waals surface area contributed by atoms with Crippen LogP contribution in [0.4, 0.5) is 5.82 Å². The molecule has 6 nitrogen and oxygen atoms in total. The molecule has 0 aromatic carbocycles. The first-order valence-electron chi connectivity index (χ1n) is 5.11. The van der Waals surface area contributed by atoms with Crippen LogP contribution < -0.4 is 10.6 Å². The highest BCUT2D eigenvalue weighted by atomic mass is 16.5. The van der Waals surface area contributed by atoms with Gasteiger partial charge in [-0.15, -0.1) is 0 Å². The summed E-state index contributed by atoms with van der Waals surface area (Å²) < 4.78 is 4.77. The topological polar surface area (TPSA) is 84.2 Å². The second-order valence-electron chi connectivity index (χ2n) is 3.40. The van der Waals surface area contributed by atoms with E-state index in [4.69, 9.17) is 4.52 Å². The third-order valence-corrected chi connectivity index (χ3v) is 1.79. The summed E-state index contributed by atoms with van der Waals surface area (Å²) in [5.41, 5.74) is 0. The Labute approximate surface area is 93.4 Å². The van der Waals surface area contributed by atoms with Crippen LogP contribution in [0.15, 0.2) is 10.6 Å². The summed E-state index contributed by atoms with van der Waals surface area (Å²) in [6, 6.07) is 1.59. The average molecular weight is 225 g/mol. The highest BCUT2D eigenvalue weighted by Crippen LogP contribution is 2.06. The number of nitrogens with zero attached hydrogens (tertiary/aromatic N) is 1. The molecule has 6 heteroatoms. The summed E-state index contributed by atoms with van der Waals surface area (Å²) in [4.78, 5) is 22.5. The van der Waals surface area contributed by atoms with E-state index in [0.717, 1.165) is 6.42 Å². The van der Waals surface area contributed by atoms with Crippen LogP contribution in [-0.2, 0) is 9.59 Å². The zero-order chi connectivity index (χ0) is 12.0. The molecule has 0 saturated carbocycles. The Hall–Kier alpha value is -1.85. The second kappa shape index (κ2) is 5.89. The van der Waals surface area contributed by atoms with Crippen LogP contribution in [0.5, 0.6) is 0 Å². The Kier molecular flexibility index (Phi) is 4.50. The summed E-state index contributed by atoms with van der Waals surface area (Å²) >= 11 is 0. The van der Waals surface area contributed by atoms with Gasteiger partial charge in [-0.3, -0.25) is 9.59 Å². The van der Waals surface area contributed by atoms with Gasteiger partial charge in [0.05, 0.1) is 0 Å². The third-order valence-electron chi connectivity index (χ3n) is 1.79. The minimum atomic E-state index is -0.401. The first-order chi connectivity index (χ1) is 7.61. The van der Waals surface area contributed by atoms with Crippen molar-refractivity contribution in [2.24, 2.45) is 0 Å². The number of aromatic nitrogens is 1. The fourth-order valence-corrected chi connectivity index (χ4v) is 1.09. The molecule has 0 saturated heterocycles. The van der Waals surface area contributed by atoms with Gasteiger partial charge >= 0.3 is 0 Å². The molecule has 88 valence electrons. The van der Waals surface area contributed by atoms with Crippen LogP contribution in [0.3, 0.4) is 0 Å². The Morgan fingerprint density at radius 1 is 1.44 bits per heavy atom. The lowest BCUT2D eigenvalue weighted by molar-refractivity contribution is -0.126. The second-order valence-corrected chi connectivity index (χ2v) is 3.40. The van der Waals surface area contributed by atoms with Gasteiger partial charge in [0.15, 0.2) is 5.82 Å². The van der Waals surface area contributed by atoms with E-state index in [1.54, 1.807) is 13.0 Å². The van der Waals surface area contributed by atoms with Gasteiger partial charge in [-0.2, -0.15) is 0 Å². The van der Waals surface area contributed by atoms with Gasteiger partial charge < -0.3 is 15.2 Å². The molecule has 0 unspecified atom stereocenters. The highest BCUT2D eigenvalue weighted by Gasteiger charge is 2.10. The summed E-state index contributed by atoms with van der Waals surface area (Å²) in [6.45, 7) is 4.24. The number of aryl methyl sites for hydroxylation is 1. The molecule has 16 heavy (non-hydrogen) atoms. The van der Waals surface area contributed by atoms with Gasteiger partial charge in [-0.05, 0) is 13.3 Å². The Balaban J connectivity index is 2.33. The molecule has 1 aromatic heterocycles. The van der Waals surface area contributed by atoms with Crippen LogP contribution in [0.1, 0.15) is 25.5 Å². The maximum atomic E-state index is 11.3. The molecule has 0 aliphatic rings. The van der Waals surface area contributed by atoms with E-state index in [0.29, 0.717) is 18.1 Å². The molecule has 0 aliphatic carbocycles. The number of rotatable bonds is 5. The molecule has 1 heterocycles. The lowest BCUT2D eigenvalue weighted by Crippen LogP contribution is -2.28. The van der Waals surface area contributed by atoms with Gasteiger partial charge in [0, 0.05) is 12.6 Å². The van der Waals surface area contributed by atoms with Crippen LogP contribution >= 0.6 is 0 Å². The van der Waals surface area contributed by atoms with Crippen molar-refractivity contribution in [3.8, 4) is 0 Å². The van der Waals surface area contributed by atoms with Crippen molar-refractivity contribution < 1.29 is 14.1 Å². The van der Waals surface area contributed by atoms with Gasteiger partial charge in [0.25, 0.3) is 0 Å². The summed E-state index contributed by atoms with van der Waals surface area (Å²) in [6.07, 6.45) is 0.641. The quantitative estimate of drug-likeness (QED) is 0.727. The van der Waals surface area contributed by atoms with E-state index in [9.17, 15) is 9.59 Å². The number of nitrogens with one attached hydrogen (secondary N) is 2. The minimum Gasteiger partial charge on any atom is -0.360 e. The van der Waals surface area contributed by atoms with E-state index in [1.165, 1.54) is 0 Å². The first-order valence-corrected chi connectivity index (χ1v) is 5.11. The van der Waals surface area contributed by atoms with Crippen LogP contribution in [-0.4, -0.2) is 23.5 Å². The summed E-state index contributed by atoms with van der Waals surface area (Å²) in [5, 5.41) is 8.66. The van der Waals surface area contributed by atoms with Crippen molar-refractivity contribution in [3.63, 3.8) is 0 Å². The maximum absolute atomic E-state index is 11.3. The Bertz CT molecular complexity index is 373. The van der Waals surface area contributed by atoms with E-state index in [1.807, 2.05) is 6.92 Å². The number of hydrogen-bond acceptors (Lipinski definition) is 4. The Morgan fingerprint density at radius 2 is 2.19 bits per heavy atom. The van der Waals surface area contributed by atoms with Crippen molar-refractivity contribution >= 4 is 17.6 Å². The monoisotopic (exact) mass is 225 g/mol. The molecule has 0 bridgehead atoms. The molecule has 0 spiro atoms. The van der Waals surface area contributed by atoms with Crippen LogP contribution in [0, 0.1) is 6.92 Å². The SMILES string of the molecule is CCCNC(=O)CC(=O)Nc1cc(C)on1. The van der Waals surface area contributed by atoms with Crippen molar-refractivity contribution in [2.75, 3.05) is 11.9 Å². The van der Waals surface area contributed by atoms with Crippen molar-refractivity contribution in [1.29, 1.82) is 0 Å². The standard InChI is InChI=1S/C10H15N3O3/c1-3-4-11-9(14)6-10(15)12-8-5-7(2)16-13-8/h5H,3-4,6H2,1-2H3,(H,11,14)(H,12,13,15). The molecule has 0 atom stereocenters. The molecule has 0 aliphatic heterocycles. The largest absolute Gasteiger partial charge is 0.360 e. The lowest BCUT2D eigenvalue weighted by Gasteiger charge is -2.02. The van der Waals surface area contributed by atoms with Crippen molar-refractivity contribution in [2.45, 2.75) is 26.7 Å². The van der Waals surface area contributed by atoms with Crippen molar-refractivity contribution in [3.05, 3.63) is 11.8 Å². The molecular weight excluding hydrogens is 210 g/mol. The van der Waals surface area contributed by atoms with Gasteiger partial charge in [0.1, 0.15) is 12.2 Å². The normalized spacial score (nSPS) is 9.88. The molecule has 2 N–H and O–H groups in total. The average Bonchev–Trinajstić information content (AvgIpc) is 2.60. The minimum absolute atomic E-state index is 0.202. The van der Waals surface area contributed by atoms with E-state index in [2.05, 4.69) is 15.8 Å².